The molecule has 1 aromatic heterocycles. The second-order valence-corrected chi connectivity index (χ2v) is 9.95. The summed E-state index contributed by atoms with van der Waals surface area (Å²) in [7, 11) is 1.41. The van der Waals surface area contributed by atoms with Gasteiger partial charge in [0.2, 0.25) is 0 Å². The van der Waals surface area contributed by atoms with Gasteiger partial charge in [0.05, 0.1) is 22.2 Å². The normalized spacial score (nSPS) is 12.4. The number of carboxylic acid groups (broad SMARTS) is 1. The molecule has 1 heterocycles. The number of halogens is 4. The number of hydrogen-bond donors (Lipinski definition) is 2. The molecule has 0 aliphatic carbocycles. The molecular formula is C32H24F4N2O4. The van der Waals surface area contributed by atoms with E-state index in [1.54, 1.807) is 30.3 Å². The molecule has 214 valence electrons. The fourth-order valence-corrected chi connectivity index (χ4v) is 5.38. The van der Waals surface area contributed by atoms with Crippen LogP contribution in [0.3, 0.4) is 0 Å². The van der Waals surface area contributed by atoms with Gasteiger partial charge in [0.15, 0.2) is 0 Å². The number of alkyl halides is 3. The lowest BCUT2D eigenvalue weighted by Crippen LogP contribution is -2.42. The molecule has 4 aromatic carbocycles. The lowest BCUT2D eigenvalue weighted by atomic mass is 9.90. The first-order valence-corrected chi connectivity index (χ1v) is 12.9. The molecule has 5 aromatic rings. The van der Waals surface area contributed by atoms with Crippen molar-refractivity contribution in [3.63, 3.8) is 0 Å². The van der Waals surface area contributed by atoms with Gasteiger partial charge in [-0.3, -0.25) is 9.59 Å². The molecule has 0 aliphatic rings. The van der Waals surface area contributed by atoms with Gasteiger partial charge >= 0.3 is 12.1 Å². The van der Waals surface area contributed by atoms with Crippen molar-refractivity contribution in [2.24, 2.45) is 7.05 Å². The third-order valence-electron chi connectivity index (χ3n) is 7.34. The highest BCUT2D eigenvalue weighted by Crippen LogP contribution is 2.42. The van der Waals surface area contributed by atoms with Gasteiger partial charge in [0.1, 0.15) is 11.9 Å². The molecule has 5 rings (SSSR count). The number of pyridine rings is 1. The van der Waals surface area contributed by atoms with Crippen LogP contribution in [0.2, 0.25) is 0 Å². The smallest absolute Gasteiger partial charge is 0.417 e. The molecule has 1 atom stereocenters. The van der Waals surface area contributed by atoms with Crippen LogP contribution in [0.15, 0.2) is 83.7 Å². The maximum absolute atomic E-state index is 14.6. The number of carbonyl (C=O) groups is 2. The summed E-state index contributed by atoms with van der Waals surface area (Å²) in [4.78, 5) is 38.5. The number of rotatable bonds is 6. The molecule has 42 heavy (non-hydrogen) atoms. The van der Waals surface area contributed by atoms with Gasteiger partial charge in [-0.25, -0.2) is 9.18 Å². The van der Waals surface area contributed by atoms with Crippen LogP contribution >= 0.6 is 0 Å². The molecule has 0 spiro atoms. The standard InChI is InChI=1S/C32H24F4N2O4/c1-17-8-5-14-23(33)26(17)29(39)37-24(31(41)42)16-18-9-6-12-20-19(18)11-7-13-21(20)27-28(32(34,35)36)22-10-3-4-15-25(22)38(2)30(27)40/h3-15,24H,16H2,1-2H3,(H,37,39)(H,41,42)/t24-/m0/s1. The van der Waals surface area contributed by atoms with Crippen LogP contribution in [0.4, 0.5) is 17.6 Å². The number of aliphatic carboxylic acids is 1. The number of aryl methyl sites for hydroxylation is 2. The lowest BCUT2D eigenvalue weighted by Gasteiger charge is -2.20. The van der Waals surface area contributed by atoms with E-state index in [4.69, 9.17) is 0 Å². The number of carboxylic acids is 1. The molecule has 10 heteroatoms. The number of aromatic nitrogens is 1. The van der Waals surface area contributed by atoms with E-state index < -0.39 is 46.6 Å². The minimum atomic E-state index is -4.86. The van der Waals surface area contributed by atoms with E-state index in [9.17, 15) is 37.1 Å². The summed E-state index contributed by atoms with van der Waals surface area (Å²) in [5, 5.41) is 12.8. The van der Waals surface area contributed by atoms with Crippen molar-refractivity contribution in [2.75, 3.05) is 0 Å². The number of hydrogen-bond acceptors (Lipinski definition) is 3. The fraction of sp³-hybridized carbons (Fsp3) is 0.156. The van der Waals surface area contributed by atoms with Gasteiger partial charge in [-0.1, -0.05) is 66.7 Å². The average Bonchev–Trinajstić information content (AvgIpc) is 2.93. The average molecular weight is 577 g/mol. The van der Waals surface area contributed by atoms with Gasteiger partial charge in [-0.2, -0.15) is 13.2 Å². The zero-order chi connectivity index (χ0) is 30.3. The number of carbonyl (C=O) groups excluding carboxylic acids is 1. The third-order valence-corrected chi connectivity index (χ3v) is 7.34. The van der Waals surface area contributed by atoms with Crippen molar-refractivity contribution in [2.45, 2.75) is 25.6 Å². The van der Waals surface area contributed by atoms with Crippen molar-refractivity contribution in [3.8, 4) is 11.1 Å². The Kier molecular flexibility index (Phi) is 7.32. The second kappa shape index (κ2) is 10.8. The first-order valence-electron chi connectivity index (χ1n) is 12.9. The Balaban J connectivity index is 1.65. The summed E-state index contributed by atoms with van der Waals surface area (Å²) in [5.74, 6) is -3.09. The SMILES string of the molecule is Cc1cccc(F)c1C(=O)N[C@@H](Cc1cccc2c(-c3c(C(F)(F)F)c4ccccc4n(C)c3=O)cccc12)C(=O)O. The Labute approximate surface area is 236 Å². The number of para-hydroxylation sites is 1. The first-order chi connectivity index (χ1) is 19.9. The van der Waals surface area contributed by atoms with Crippen LogP contribution in [0.1, 0.15) is 27.0 Å². The van der Waals surface area contributed by atoms with Gasteiger partial charge in [0.25, 0.3) is 11.5 Å². The highest BCUT2D eigenvalue weighted by molar-refractivity contribution is 6.02. The van der Waals surface area contributed by atoms with Crippen LogP contribution in [-0.2, 0) is 24.4 Å². The topological polar surface area (TPSA) is 88.4 Å². The first kappa shape index (κ1) is 28.5. The molecule has 6 nitrogen and oxygen atoms in total. The van der Waals surface area contributed by atoms with E-state index in [0.717, 1.165) is 6.07 Å². The Morgan fingerprint density at radius 2 is 1.55 bits per heavy atom. The highest BCUT2D eigenvalue weighted by Gasteiger charge is 2.38. The van der Waals surface area contributed by atoms with Gasteiger partial charge in [0, 0.05) is 18.9 Å². The third kappa shape index (κ3) is 5.00. The number of nitrogens with zero attached hydrogens (tertiary/aromatic N) is 1. The van der Waals surface area contributed by atoms with E-state index in [-0.39, 0.29) is 28.5 Å². The van der Waals surface area contributed by atoms with Crippen molar-refractivity contribution >= 4 is 33.6 Å². The van der Waals surface area contributed by atoms with Gasteiger partial charge in [-0.05, 0) is 46.5 Å². The number of amides is 1. The maximum Gasteiger partial charge on any atom is 0.417 e. The Morgan fingerprint density at radius 1 is 0.905 bits per heavy atom. The fourth-order valence-electron chi connectivity index (χ4n) is 5.38. The molecule has 1 amide bonds. The molecule has 0 radical (unpaired) electrons. The van der Waals surface area contributed by atoms with Gasteiger partial charge < -0.3 is 15.0 Å². The quantitative estimate of drug-likeness (QED) is 0.234. The minimum Gasteiger partial charge on any atom is -0.480 e. The van der Waals surface area contributed by atoms with Crippen LogP contribution in [-0.4, -0.2) is 27.6 Å². The van der Waals surface area contributed by atoms with Crippen molar-refractivity contribution in [1.82, 2.24) is 9.88 Å². The Hall–Kier alpha value is -4.99. The Morgan fingerprint density at radius 3 is 2.24 bits per heavy atom. The zero-order valence-electron chi connectivity index (χ0n) is 22.4. The maximum atomic E-state index is 14.6. The number of benzene rings is 4. The van der Waals surface area contributed by atoms with E-state index in [1.165, 1.54) is 61.0 Å². The molecule has 0 fully saturated rings. The molecule has 0 saturated carbocycles. The zero-order valence-corrected chi connectivity index (χ0v) is 22.4. The molecule has 0 saturated heterocycles. The molecular weight excluding hydrogens is 552 g/mol. The van der Waals surface area contributed by atoms with Crippen molar-refractivity contribution in [1.29, 1.82) is 0 Å². The van der Waals surface area contributed by atoms with Crippen molar-refractivity contribution < 1.29 is 32.3 Å². The van der Waals surface area contributed by atoms with Crippen LogP contribution < -0.4 is 10.9 Å². The van der Waals surface area contributed by atoms with Crippen molar-refractivity contribution in [3.05, 3.63) is 117 Å². The summed E-state index contributed by atoms with van der Waals surface area (Å²) in [5.41, 5.74) is -1.82. The number of fused-ring (bicyclic) bond motifs is 2. The van der Waals surface area contributed by atoms with Crippen LogP contribution in [0.5, 0.6) is 0 Å². The predicted octanol–water partition coefficient (Wildman–Crippen LogP) is 6.25. The van der Waals surface area contributed by atoms with E-state index in [1.807, 2.05) is 0 Å². The van der Waals surface area contributed by atoms with Crippen LogP contribution in [0.25, 0.3) is 32.8 Å². The molecule has 2 N–H and O–H groups in total. The molecule has 0 aliphatic heterocycles. The summed E-state index contributed by atoms with van der Waals surface area (Å²) in [6.45, 7) is 1.52. The second-order valence-electron chi connectivity index (χ2n) is 9.95. The lowest BCUT2D eigenvalue weighted by molar-refractivity contribution is -0.139. The largest absolute Gasteiger partial charge is 0.480 e. The van der Waals surface area contributed by atoms with E-state index >= 15 is 0 Å². The number of nitrogens with one attached hydrogen (secondary N) is 1. The van der Waals surface area contributed by atoms with E-state index in [0.29, 0.717) is 21.9 Å². The monoisotopic (exact) mass is 576 g/mol. The summed E-state index contributed by atoms with van der Waals surface area (Å²) in [6, 6.07) is 17.5. The molecule has 0 unspecified atom stereocenters. The van der Waals surface area contributed by atoms with E-state index in [2.05, 4.69) is 5.32 Å². The molecule has 0 bridgehead atoms. The highest BCUT2D eigenvalue weighted by atomic mass is 19.4. The summed E-state index contributed by atoms with van der Waals surface area (Å²) >= 11 is 0. The summed E-state index contributed by atoms with van der Waals surface area (Å²) < 4.78 is 59.2. The summed E-state index contributed by atoms with van der Waals surface area (Å²) in [6.07, 6.45) is -5.11. The Bertz CT molecular complexity index is 1930. The van der Waals surface area contributed by atoms with Gasteiger partial charge in [-0.15, -0.1) is 0 Å². The minimum absolute atomic E-state index is 0.0333. The van der Waals surface area contributed by atoms with Crippen LogP contribution in [0, 0.1) is 12.7 Å². The predicted molar refractivity (Wildman–Crippen MR) is 151 cm³/mol.